The van der Waals surface area contributed by atoms with Gasteiger partial charge < -0.3 is 10.3 Å². The first kappa shape index (κ1) is 15.8. The zero-order valence-corrected chi connectivity index (χ0v) is 13.9. The Balaban J connectivity index is 1.83. The number of halogens is 1. The SMILES string of the molecule is Cn1c(-c2cccc(F)c2)nc2c(N)nc(C#Cc3ccccc3)nc21. The molecule has 5 nitrogen and oxygen atoms in total. The number of nitrogens with zero attached hydrogens (tertiary/aromatic N) is 4. The van der Waals surface area contributed by atoms with Crippen LogP contribution < -0.4 is 5.73 Å². The van der Waals surface area contributed by atoms with Crippen LogP contribution in [0.25, 0.3) is 22.6 Å². The van der Waals surface area contributed by atoms with Gasteiger partial charge in [0.05, 0.1) is 0 Å². The maximum Gasteiger partial charge on any atom is 0.209 e. The molecule has 0 saturated carbocycles. The Morgan fingerprint density at radius 1 is 0.962 bits per heavy atom. The third kappa shape index (κ3) is 2.87. The molecule has 0 aliphatic heterocycles. The van der Waals surface area contributed by atoms with Crippen LogP contribution in [0.15, 0.2) is 54.6 Å². The molecule has 126 valence electrons. The molecule has 6 heteroatoms. The predicted octanol–water partition coefficient (Wildman–Crippen LogP) is 3.15. The zero-order valence-electron chi connectivity index (χ0n) is 13.9. The first-order valence-corrected chi connectivity index (χ1v) is 7.95. The van der Waals surface area contributed by atoms with Gasteiger partial charge in [-0.3, -0.25) is 0 Å². The average Bonchev–Trinajstić information content (AvgIpc) is 2.98. The van der Waals surface area contributed by atoms with Crippen molar-refractivity contribution in [1.29, 1.82) is 0 Å². The first-order chi connectivity index (χ1) is 12.6. The fourth-order valence-electron chi connectivity index (χ4n) is 2.67. The lowest BCUT2D eigenvalue weighted by Gasteiger charge is -2.02. The number of anilines is 1. The van der Waals surface area contributed by atoms with Crippen LogP contribution in [0.3, 0.4) is 0 Å². The standard InChI is InChI=1S/C20H14FN5/c1-26-19(14-8-5-9-15(21)12-14)25-17-18(22)23-16(24-20(17)26)11-10-13-6-3-2-4-7-13/h2-9,12H,1H3,(H2,22,23,24). The maximum atomic E-state index is 13.5. The monoisotopic (exact) mass is 343 g/mol. The molecule has 0 unspecified atom stereocenters. The van der Waals surface area contributed by atoms with Gasteiger partial charge in [-0.2, -0.15) is 0 Å². The van der Waals surface area contributed by atoms with Crippen LogP contribution in [0.2, 0.25) is 0 Å². The smallest absolute Gasteiger partial charge is 0.209 e. The van der Waals surface area contributed by atoms with Crippen LogP contribution >= 0.6 is 0 Å². The highest BCUT2D eigenvalue weighted by Crippen LogP contribution is 2.25. The van der Waals surface area contributed by atoms with E-state index < -0.39 is 0 Å². The van der Waals surface area contributed by atoms with Crippen LogP contribution in [0.4, 0.5) is 10.2 Å². The van der Waals surface area contributed by atoms with Crippen molar-refractivity contribution in [3.05, 3.63) is 71.8 Å². The number of aryl methyl sites for hydroxylation is 1. The summed E-state index contributed by atoms with van der Waals surface area (Å²) in [6.07, 6.45) is 0. The minimum atomic E-state index is -0.331. The number of fused-ring (bicyclic) bond motifs is 1. The van der Waals surface area contributed by atoms with Crippen LogP contribution in [0.5, 0.6) is 0 Å². The summed E-state index contributed by atoms with van der Waals surface area (Å²) in [4.78, 5) is 13.2. The van der Waals surface area contributed by atoms with Crippen molar-refractivity contribution >= 4 is 17.0 Å². The number of rotatable bonds is 1. The Morgan fingerprint density at radius 2 is 1.77 bits per heavy atom. The van der Waals surface area contributed by atoms with Gasteiger partial charge in [0.1, 0.15) is 11.6 Å². The van der Waals surface area contributed by atoms with E-state index in [2.05, 4.69) is 26.8 Å². The van der Waals surface area contributed by atoms with E-state index >= 15 is 0 Å². The quantitative estimate of drug-likeness (QED) is 0.539. The van der Waals surface area contributed by atoms with Gasteiger partial charge in [0.2, 0.25) is 5.82 Å². The lowest BCUT2D eigenvalue weighted by atomic mass is 10.2. The van der Waals surface area contributed by atoms with E-state index in [1.165, 1.54) is 12.1 Å². The minimum Gasteiger partial charge on any atom is -0.382 e. The van der Waals surface area contributed by atoms with E-state index in [1.54, 1.807) is 23.7 Å². The van der Waals surface area contributed by atoms with Crippen LogP contribution in [-0.4, -0.2) is 19.5 Å². The van der Waals surface area contributed by atoms with Crippen molar-refractivity contribution in [3.8, 4) is 23.2 Å². The average molecular weight is 343 g/mol. The van der Waals surface area contributed by atoms with Gasteiger partial charge in [0, 0.05) is 18.2 Å². The summed E-state index contributed by atoms with van der Waals surface area (Å²) < 4.78 is 15.3. The number of benzene rings is 2. The summed E-state index contributed by atoms with van der Waals surface area (Å²) in [5.41, 5.74) is 8.57. The Labute approximate surface area is 149 Å². The van der Waals surface area contributed by atoms with Gasteiger partial charge in [0.15, 0.2) is 17.0 Å². The molecule has 0 saturated heterocycles. The van der Waals surface area contributed by atoms with Crippen LogP contribution in [-0.2, 0) is 7.05 Å². The molecule has 0 amide bonds. The summed E-state index contributed by atoms with van der Waals surface area (Å²) in [6.45, 7) is 0. The van der Waals surface area contributed by atoms with Gasteiger partial charge in [-0.15, -0.1) is 0 Å². The third-order valence-electron chi connectivity index (χ3n) is 3.92. The molecule has 2 heterocycles. The second-order valence-corrected chi connectivity index (χ2v) is 5.73. The summed E-state index contributed by atoms with van der Waals surface area (Å²) in [5, 5.41) is 0. The van der Waals surface area contributed by atoms with E-state index in [0.717, 1.165) is 5.56 Å². The Kier molecular flexibility index (Phi) is 3.82. The lowest BCUT2D eigenvalue weighted by molar-refractivity contribution is 0.628. The molecular formula is C20H14FN5. The van der Waals surface area contributed by atoms with Crippen molar-refractivity contribution in [1.82, 2.24) is 19.5 Å². The summed E-state index contributed by atoms with van der Waals surface area (Å²) in [7, 11) is 1.80. The second-order valence-electron chi connectivity index (χ2n) is 5.73. The second kappa shape index (κ2) is 6.30. The summed E-state index contributed by atoms with van der Waals surface area (Å²) in [5.74, 6) is 6.72. The Bertz CT molecular complexity index is 1170. The fraction of sp³-hybridized carbons (Fsp3) is 0.0500. The van der Waals surface area contributed by atoms with E-state index in [1.807, 2.05) is 30.3 Å². The molecule has 2 aromatic heterocycles. The van der Waals surface area contributed by atoms with Crippen LogP contribution in [0, 0.1) is 17.7 Å². The molecule has 0 bridgehead atoms. The molecule has 4 rings (SSSR count). The normalized spacial score (nSPS) is 10.5. The highest BCUT2D eigenvalue weighted by Gasteiger charge is 2.15. The Hall–Kier alpha value is -3.72. The maximum absolute atomic E-state index is 13.5. The van der Waals surface area contributed by atoms with E-state index in [-0.39, 0.29) is 11.6 Å². The van der Waals surface area contributed by atoms with Gasteiger partial charge in [-0.1, -0.05) is 36.3 Å². The predicted molar refractivity (Wildman–Crippen MR) is 98.5 cm³/mol. The number of imidazole rings is 1. The van der Waals surface area contributed by atoms with Gasteiger partial charge in [-0.05, 0) is 30.2 Å². The molecule has 0 fully saturated rings. The molecule has 0 radical (unpaired) electrons. The number of hydrogen-bond donors (Lipinski definition) is 1. The number of aromatic nitrogens is 4. The lowest BCUT2D eigenvalue weighted by Crippen LogP contribution is -2.00. The number of hydrogen-bond acceptors (Lipinski definition) is 4. The largest absolute Gasteiger partial charge is 0.382 e. The molecular weight excluding hydrogens is 329 g/mol. The topological polar surface area (TPSA) is 69.6 Å². The fourth-order valence-corrected chi connectivity index (χ4v) is 2.67. The van der Waals surface area contributed by atoms with Crippen molar-refractivity contribution in [2.75, 3.05) is 5.73 Å². The summed E-state index contributed by atoms with van der Waals surface area (Å²) in [6, 6.07) is 15.8. The highest BCUT2D eigenvalue weighted by atomic mass is 19.1. The molecule has 0 spiro atoms. The van der Waals surface area contributed by atoms with E-state index in [0.29, 0.717) is 28.4 Å². The van der Waals surface area contributed by atoms with Crippen molar-refractivity contribution in [2.45, 2.75) is 0 Å². The van der Waals surface area contributed by atoms with Gasteiger partial charge >= 0.3 is 0 Å². The molecule has 0 aliphatic rings. The van der Waals surface area contributed by atoms with Crippen molar-refractivity contribution in [2.24, 2.45) is 7.05 Å². The molecule has 2 aromatic carbocycles. The first-order valence-electron chi connectivity index (χ1n) is 7.95. The Morgan fingerprint density at radius 3 is 2.54 bits per heavy atom. The number of nitrogens with two attached hydrogens (primary N) is 1. The van der Waals surface area contributed by atoms with Crippen molar-refractivity contribution < 1.29 is 4.39 Å². The van der Waals surface area contributed by atoms with Gasteiger partial charge in [0.25, 0.3) is 0 Å². The zero-order chi connectivity index (χ0) is 18.1. The minimum absolute atomic E-state index is 0.241. The molecule has 2 N–H and O–H groups in total. The van der Waals surface area contributed by atoms with E-state index in [9.17, 15) is 4.39 Å². The molecule has 0 aliphatic carbocycles. The molecule has 4 aromatic rings. The van der Waals surface area contributed by atoms with E-state index in [4.69, 9.17) is 5.73 Å². The van der Waals surface area contributed by atoms with Crippen molar-refractivity contribution in [3.63, 3.8) is 0 Å². The molecule has 26 heavy (non-hydrogen) atoms. The van der Waals surface area contributed by atoms with Gasteiger partial charge in [-0.25, -0.2) is 19.3 Å². The highest BCUT2D eigenvalue weighted by molar-refractivity contribution is 5.85. The third-order valence-corrected chi connectivity index (χ3v) is 3.92. The van der Waals surface area contributed by atoms with Crippen LogP contribution in [0.1, 0.15) is 11.4 Å². The number of nitrogen functional groups attached to an aromatic ring is 1. The molecule has 0 atom stereocenters. The summed E-state index contributed by atoms with van der Waals surface area (Å²) >= 11 is 0.